The van der Waals surface area contributed by atoms with Gasteiger partial charge in [-0.1, -0.05) is 15.9 Å². The molecule has 0 amide bonds. The normalized spacial score (nSPS) is 10.5. The highest BCUT2D eigenvalue weighted by Crippen LogP contribution is 2.29. The lowest BCUT2D eigenvalue weighted by Gasteiger charge is -2.01. The Hall–Kier alpha value is -1.16. The van der Waals surface area contributed by atoms with Crippen molar-refractivity contribution in [3.8, 4) is 11.3 Å². The minimum atomic E-state index is -0.259. The lowest BCUT2D eigenvalue weighted by Crippen LogP contribution is -1.85. The van der Waals surface area contributed by atoms with E-state index in [1.807, 2.05) is 6.92 Å². The Morgan fingerprint density at radius 2 is 2.21 bits per heavy atom. The predicted octanol–water partition coefficient (Wildman–Crippen LogP) is 3.29. The first-order valence-corrected chi connectivity index (χ1v) is 4.93. The molecule has 0 aliphatic heterocycles. The molecule has 0 saturated heterocycles. The number of hydrogen-bond acceptors (Lipinski definition) is 1. The SMILES string of the molecule is Cc1c[nH]nc1-c1cc(F)ccc1Br. The van der Waals surface area contributed by atoms with Gasteiger partial charge in [0, 0.05) is 16.2 Å². The molecular weight excluding hydrogens is 247 g/mol. The molecule has 0 radical (unpaired) electrons. The Morgan fingerprint density at radius 3 is 2.86 bits per heavy atom. The second-order valence-electron chi connectivity index (χ2n) is 3.04. The van der Waals surface area contributed by atoms with Crippen molar-refractivity contribution in [3.05, 3.63) is 40.2 Å². The first-order valence-electron chi connectivity index (χ1n) is 4.14. The molecule has 0 fully saturated rings. The van der Waals surface area contributed by atoms with Crippen molar-refractivity contribution in [2.24, 2.45) is 0 Å². The minimum Gasteiger partial charge on any atom is -0.285 e. The number of H-pyrrole nitrogens is 1. The third kappa shape index (κ3) is 1.57. The van der Waals surface area contributed by atoms with E-state index >= 15 is 0 Å². The quantitative estimate of drug-likeness (QED) is 0.832. The fraction of sp³-hybridized carbons (Fsp3) is 0.100. The average Bonchev–Trinajstić information content (AvgIpc) is 2.56. The lowest BCUT2D eigenvalue weighted by molar-refractivity contribution is 0.628. The topological polar surface area (TPSA) is 28.7 Å². The Morgan fingerprint density at radius 1 is 1.43 bits per heavy atom. The highest BCUT2D eigenvalue weighted by molar-refractivity contribution is 9.10. The van der Waals surface area contributed by atoms with Crippen molar-refractivity contribution >= 4 is 15.9 Å². The summed E-state index contributed by atoms with van der Waals surface area (Å²) in [7, 11) is 0. The molecule has 4 heteroatoms. The molecule has 1 N–H and O–H groups in total. The molecule has 2 rings (SSSR count). The Labute approximate surface area is 89.3 Å². The van der Waals surface area contributed by atoms with Gasteiger partial charge in [0.15, 0.2) is 0 Å². The fourth-order valence-corrected chi connectivity index (χ4v) is 1.74. The van der Waals surface area contributed by atoms with Crippen LogP contribution in [0.2, 0.25) is 0 Å². The van der Waals surface area contributed by atoms with Crippen LogP contribution in [-0.2, 0) is 0 Å². The molecule has 0 saturated carbocycles. The second-order valence-corrected chi connectivity index (χ2v) is 3.90. The molecule has 0 aliphatic rings. The van der Waals surface area contributed by atoms with E-state index in [9.17, 15) is 4.39 Å². The van der Waals surface area contributed by atoms with Crippen molar-refractivity contribution in [2.75, 3.05) is 0 Å². The molecule has 2 nitrogen and oxygen atoms in total. The van der Waals surface area contributed by atoms with Gasteiger partial charge in [0.05, 0.1) is 5.69 Å². The number of benzene rings is 1. The fourth-order valence-electron chi connectivity index (χ4n) is 1.30. The van der Waals surface area contributed by atoms with E-state index in [4.69, 9.17) is 0 Å². The van der Waals surface area contributed by atoms with Gasteiger partial charge < -0.3 is 0 Å². The molecule has 0 spiro atoms. The standard InChI is InChI=1S/C10H8BrFN2/c1-6-5-13-14-10(6)8-4-7(12)2-3-9(8)11/h2-5H,1H3,(H,13,14). The van der Waals surface area contributed by atoms with Crippen LogP contribution in [0.25, 0.3) is 11.3 Å². The van der Waals surface area contributed by atoms with Crippen LogP contribution in [0.3, 0.4) is 0 Å². The molecule has 0 aliphatic carbocycles. The van der Waals surface area contributed by atoms with Gasteiger partial charge in [-0.3, -0.25) is 5.10 Å². The molecule has 1 aromatic heterocycles. The van der Waals surface area contributed by atoms with Crippen molar-refractivity contribution in [3.63, 3.8) is 0 Å². The number of nitrogens with one attached hydrogen (secondary N) is 1. The summed E-state index contributed by atoms with van der Waals surface area (Å²) in [5.41, 5.74) is 2.54. The van der Waals surface area contributed by atoms with Crippen LogP contribution in [0.1, 0.15) is 5.56 Å². The smallest absolute Gasteiger partial charge is 0.123 e. The largest absolute Gasteiger partial charge is 0.285 e. The van der Waals surface area contributed by atoms with Gasteiger partial charge >= 0.3 is 0 Å². The molecule has 0 atom stereocenters. The highest BCUT2D eigenvalue weighted by Gasteiger charge is 2.09. The summed E-state index contributed by atoms with van der Waals surface area (Å²) in [6.45, 7) is 1.93. The van der Waals surface area contributed by atoms with Crippen LogP contribution < -0.4 is 0 Å². The zero-order valence-electron chi connectivity index (χ0n) is 7.51. The second kappa shape index (κ2) is 3.53. The molecule has 1 heterocycles. The van der Waals surface area contributed by atoms with Crippen molar-refractivity contribution < 1.29 is 4.39 Å². The summed E-state index contributed by atoms with van der Waals surface area (Å²) >= 11 is 3.37. The monoisotopic (exact) mass is 254 g/mol. The van der Waals surface area contributed by atoms with Crippen LogP contribution in [0.4, 0.5) is 4.39 Å². The number of aromatic amines is 1. The zero-order chi connectivity index (χ0) is 10.1. The van der Waals surface area contributed by atoms with Crippen LogP contribution in [0.15, 0.2) is 28.9 Å². The molecule has 72 valence electrons. The number of hydrogen-bond donors (Lipinski definition) is 1. The predicted molar refractivity (Wildman–Crippen MR) is 56.4 cm³/mol. The zero-order valence-corrected chi connectivity index (χ0v) is 9.10. The van der Waals surface area contributed by atoms with E-state index in [0.29, 0.717) is 0 Å². The lowest BCUT2D eigenvalue weighted by atomic mass is 10.1. The van der Waals surface area contributed by atoms with Crippen LogP contribution in [-0.4, -0.2) is 10.2 Å². The van der Waals surface area contributed by atoms with Crippen molar-refractivity contribution in [1.29, 1.82) is 0 Å². The first-order chi connectivity index (χ1) is 6.68. The van der Waals surface area contributed by atoms with Gasteiger partial charge in [-0.2, -0.15) is 5.10 Å². The Balaban J connectivity index is 2.62. The average molecular weight is 255 g/mol. The van der Waals surface area contributed by atoms with Crippen LogP contribution in [0, 0.1) is 12.7 Å². The molecule has 2 aromatic rings. The molecule has 0 unspecified atom stereocenters. The Kier molecular flexibility index (Phi) is 2.37. The first kappa shape index (κ1) is 9.40. The third-order valence-corrected chi connectivity index (χ3v) is 2.71. The van der Waals surface area contributed by atoms with Gasteiger partial charge in [0.1, 0.15) is 5.82 Å². The van der Waals surface area contributed by atoms with Gasteiger partial charge in [0.2, 0.25) is 0 Å². The summed E-state index contributed by atoms with van der Waals surface area (Å²) in [6, 6.07) is 4.56. The summed E-state index contributed by atoms with van der Waals surface area (Å²) in [5, 5.41) is 6.82. The van der Waals surface area contributed by atoms with Crippen molar-refractivity contribution in [2.45, 2.75) is 6.92 Å². The minimum absolute atomic E-state index is 0.259. The van der Waals surface area contributed by atoms with Gasteiger partial charge in [-0.05, 0) is 30.7 Å². The summed E-state index contributed by atoms with van der Waals surface area (Å²) < 4.78 is 13.9. The maximum absolute atomic E-state index is 13.0. The van der Waals surface area contributed by atoms with E-state index in [0.717, 1.165) is 21.3 Å². The van der Waals surface area contributed by atoms with Gasteiger partial charge in [-0.25, -0.2) is 4.39 Å². The van der Waals surface area contributed by atoms with Gasteiger partial charge in [0.25, 0.3) is 0 Å². The van der Waals surface area contributed by atoms with Crippen molar-refractivity contribution in [1.82, 2.24) is 10.2 Å². The number of halogens is 2. The van der Waals surface area contributed by atoms with E-state index in [-0.39, 0.29) is 5.82 Å². The molecular formula is C10H8BrFN2. The van der Waals surface area contributed by atoms with Crippen LogP contribution in [0.5, 0.6) is 0 Å². The number of aryl methyl sites for hydroxylation is 1. The summed E-state index contributed by atoms with van der Waals surface area (Å²) in [6.07, 6.45) is 1.78. The van der Waals surface area contributed by atoms with Gasteiger partial charge in [-0.15, -0.1) is 0 Å². The molecule has 14 heavy (non-hydrogen) atoms. The van der Waals surface area contributed by atoms with E-state index in [1.54, 1.807) is 12.3 Å². The summed E-state index contributed by atoms with van der Waals surface area (Å²) in [4.78, 5) is 0. The summed E-state index contributed by atoms with van der Waals surface area (Å²) in [5.74, 6) is -0.259. The number of nitrogens with zero attached hydrogens (tertiary/aromatic N) is 1. The number of rotatable bonds is 1. The maximum atomic E-state index is 13.0. The molecule has 1 aromatic carbocycles. The van der Waals surface area contributed by atoms with Crippen LogP contribution >= 0.6 is 15.9 Å². The third-order valence-electron chi connectivity index (χ3n) is 2.01. The highest BCUT2D eigenvalue weighted by atomic mass is 79.9. The van der Waals surface area contributed by atoms with E-state index < -0.39 is 0 Å². The molecule has 0 bridgehead atoms. The van der Waals surface area contributed by atoms with E-state index in [1.165, 1.54) is 12.1 Å². The maximum Gasteiger partial charge on any atom is 0.123 e. The Bertz CT molecular complexity index is 465. The van der Waals surface area contributed by atoms with E-state index in [2.05, 4.69) is 26.1 Å². The number of aromatic nitrogens is 2.